The topological polar surface area (TPSA) is 37.6 Å². The number of thiazole rings is 1. The second-order valence-electron chi connectivity index (χ2n) is 7.15. The summed E-state index contributed by atoms with van der Waals surface area (Å²) in [5.74, 6) is 0.133. The minimum Gasteiger partial charge on any atom is -0.336 e. The van der Waals surface area contributed by atoms with Crippen molar-refractivity contribution in [1.82, 2.24) is 14.3 Å². The van der Waals surface area contributed by atoms with E-state index in [1.807, 2.05) is 57.3 Å². The van der Waals surface area contributed by atoms with Crippen LogP contribution in [0.5, 0.6) is 0 Å². The molecule has 0 aliphatic heterocycles. The third kappa shape index (κ3) is 3.85. The Balaban J connectivity index is 1.56. The van der Waals surface area contributed by atoms with Gasteiger partial charge in [0.1, 0.15) is 0 Å². The van der Waals surface area contributed by atoms with Gasteiger partial charge in [-0.25, -0.2) is 4.98 Å². The summed E-state index contributed by atoms with van der Waals surface area (Å²) in [6.45, 7) is 4.76. The van der Waals surface area contributed by atoms with Crippen LogP contribution in [0.15, 0.2) is 72.2 Å². The van der Waals surface area contributed by atoms with Gasteiger partial charge in [-0.3, -0.25) is 9.20 Å². The summed E-state index contributed by atoms with van der Waals surface area (Å²) >= 11 is 1.58. The summed E-state index contributed by atoms with van der Waals surface area (Å²) in [5, 5.41) is 2.04. The molecule has 0 bridgehead atoms. The molecule has 4 aromatic rings. The zero-order valence-corrected chi connectivity index (χ0v) is 16.9. The van der Waals surface area contributed by atoms with E-state index in [1.165, 1.54) is 0 Å². The highest BCUT2D eigenvalue weighted by Crippen LogP contribution is 2.24. The largest absolute Gasteiger partial charge is 0.336 e. The van der Waals surface area contributed by atoms with Gasteiger partial charge < -0.3 is 4.90 Å². The fourth-order valence-corrected chi connectivity index (χ4v) is 4.17. The zero-order chi connectivity index (χ0) is 19.5. The van der Waals surface area contributed by atoms with Gasteiger partial charge in [-0.15, -0.1) is 11.3 Å². The summed E-state index contributed by atoms with van der Waals surface area (Å²) in [6.07, 6.45) is 2.40. The molecule has 0 atom stereocenters. The Morgan fingerprint density at radius 1 is 1.07 bits per heavy atom. The van der Waals surface area contributed by atoms with Crippen LogP contribution in [0.1, 0.15) is 25.1 Å². The first-order valence-corrected chi connectivity index (χ1v) is 10.3. The monoisotopic (exact) mass is 389 g/mol. The molecule has 0 aliphatic carbocycles. The lowest BCUT2D eigenvalue weighted by molar-refractivity contribution is -0.132. The number of carbonyl (C=O) groups is 1. The molecule has 1 amide bonds. The van der Waals surface area contributed by atoms with E-state index in [-0.39, 0.29) is 11.9 Å². The van der Waals surface area contributed by atoms with E-state index in [0.717, 1.165) is 27.5 Å². The van der Waals surface area contributed by atoms with E-state index < -0.39 is 0 Å². The molecule has 0 saturated heterocycles. The Labute approximate surface area is 169 Å². The maximum atomic E-state index is 13.1. The molecule has 0 fully saturated rings. The lowest BCUT2D eigenvalue weighted by Crippen LogP contribution is -2.37. The summed E-state index contributed by atoms with van der Waals surface area (Å²) in [5.41, 5.74) is 4.15. The lowest BCUT2D eigenvalue weighted by atomic mass is 10.1. The van der Waals surface area contributed by atoms with Gasteiger partial charge in [-0.05, 0) is 19.4 Å². The van der Waals surface area contributed by atoms with E-state index in [0.29, 0.717) is 13.0 Å². The van der Waals surface area contributed by atoms with Crippen molar-refractivity contribution in [3.8, 4) is 11.3 Å². The Bertz CT molecular complexity index is 1070. The van der Waals surface area contributed by atoms with Crippen molar-refractivity contribution >= 4 is 22.2 Å². The highest BCUT2D eigenvalue weighted by molar-refractivity contribution is 7.15. The summed E-state index contributed by atoms with van der Waals surface area (Å²) < 4.78 is 2.05. The third-order valence-electron chi connectivity index (χ3n) is 4.82. The van der Waals surface area contributed by atoms with Gasteiger partial charge in [0, 0.05) is 35.4 Å². The van der Waals surface area contributed by atoms with Gasteiger partial charge in [0.2, 0.25) is 5.91 Å². The molecule has 0 unspecified atom stereocenters. The predicted octanol–water partition coefficient (Wildman–Crippen LogP) is 5.04. The minimum atomic E-state index is 0.133. The number of rotatable bonds is 6. The second-order valence-corrected chi connectivity index (χ2v) is 7.99. The number of hydrogen-bond donors (Lipinski definition) is 0. The zero-order valence-electron chi connectivity index (χ0n) is 16.1. The standard InChI is InChI=1S/C23H23N3OS/c1-17(2)25(14-18-9-5-3-6-10-18)22(27)13-20-16-28-23-24-21(15-26(20)23)19-11-7-4-8-12-19/h3-12,15-17H,13-14H2,1-2H3. The molecular formula is C23H23N3OS. The average molecular weight is 390 g/mol. The van der Waals surface area contributed by atoms with E-state index in [4.69, 9.17) is 4.98 Å². The van der Waals surface area contributed by atoms with Gasteiger partial charge in [-0.1, -0.05) is 60.7 Å². The van der Waals surface area contributed by atoms with E-state index in [2.05, 4.69) is 38.1 Å². The van der Waals surface area contributed by atoms with Crippen LogP contribution in [0.25, 0.3) is 16.2 Å². The van der Waals surface area contributed by atoms with Crippen molar-refractivity contribution in [3.63, 3.8) is 0 Å². The number of imidazole rings is 1. The number of aromatic nitrogens is 2. The van der Waals surface area contributed by atoms with Gasteiger partial charge in [-0.2, -0.15) is 0 Å². The number of amides is 1. The van der Waals surface area contributed by atoms with Crippen LogP contribution in [-0.2, 0) is 17.8 Å². The van der Waals surface area contributed by atoms with Crippen molar-refractivity contribution in [1.29, 1.82) is 0 Å². The van der Waals surface area contributed by atoms with E-state index >= 15 is 0 Å². The van der Waals surface area contributed by atoms with Crippen LogP contribution < -0.4 is 0 Å². The molecule has 142 valence electrons. The summed E-state index contributed by atoms with van der Waals surface area (Å²) in [4.78, 5) is 20.6. The van der Waals surface area contributed by atoms with Gasteiger partial charge in [0.25, 0.3) is 0 Å². The normalized spacial score (nSPS) is 11.2. The molecular weight excluding hydrogens is 366 g/mol. The quantitative estimate of drug-likeness (QED) is 0.463. The molecule has 0 aliphatic rings. The van der Waals surface area contributed by atoms with Gasteiger partial charge in [0.15, 0.2) is 4.96 Å². The number of hydrogen-bond acceptors (Lipinski definition) is 3. The molecule has 0 radical (unpaired) electrons. The number of benzene rings is 2. The minimum absolute atomic E-state index is 0.133. The molecule has 2 heterocycles. The van der Waals surface area contributed by atoms with Gasteiger partial charge in [0.05, 0.1) is 12.1 Å². The van der Waals surface area contributed by atoms with Crippen LogP contribution in [0.3, 0.4) is 0 Å². The average Bonchev–Trinajstić information content (AvgIpc) is 3.29. The highest BCUT2D eigenvalue weighted by atomic mass is 32.1. The highest BCUT2D eigenvalue weighted by Gasteiger charge is 2.20. The number of fused-ring (bicyclic) bond motifs is 1. The van der Waals surface area contributed by atoms with Crippen LogP contribution >= 0.6 is 11.3 Å². The van der Waals surface area contributed by atoms with Crippen molar-refractivity contribution in [2.75, 3.05) is 0 Å². The lowest BCUT2D eigenvalue weighted by Gasteiger charge is -2.27. The van der Waals surface area contributed by atoms with Crippen LogP contribution in [-0.4, -0.2) is 26.2 Å². The molecule has 28 heavy (non-hydrogen) atoms. The van der Waals surface area contributed by atoms with Crippen molar-refractivity contribution in [2.45, 2.75) is 32.9 Å². The molecule has 4 rings (SSSR count). The summed E-state index contributed by atoms with van der Waals surface area (Å²) in [6, 6.07) is 20.4. The van der Waals surface area contributed by atoms with Crippen molar-refractivity contribution in [2.24, 2.45) is 0 Å². The maximum Gasteiger partial charge on any atom is 0.229 e. The fraction of sp³-hybridized carbons (Fsp3) is 0.217. The smallest absolute Gasteiger partial charge is 0.229 e. The van der Waals surface area contributed by atoms with E-state index in [1.54, 1.807) is 11.3 Å². The molecule has 0 spiro atoms. The van der Waals surface area contributed by atoms with Gasteiger partial charge >= 0.3 is 0 Å². The van der Waals surface area contributed by atoms with Crippen LogP contribution in [0.2, 0.25) is 0 Å². The van der Waals surface area contributed by atoms with E-state index in [9.17, 15) is 4.79 Å². The molecule has 0 saturated carbocycles. The molecule has 4 nitrogen and oxygen atoms in total. The van der Waals surface area contributed by atoms with Crippen LogP contribution in [0.4, 0.5) is 0 Å². The third-order valence-corrected chi connectivity index (χ3v) is 5.71. The molecule has 2 aromatic carbocycles. The van der Waals surface area contributed by atoms with Crippen molar-refractivity contribution < 1.29 is 4.79 Å². The Morgan fingerprint density at radius 3 is 2.43 bits per heavy atom. The molecule has 2 aromatic heterocycles. The SMILES string of the molecule is CC(C)N(Cc1ccccc1)C(=O)Cc1csc2nc(-c3ccccc3)cn12. The first-order valence-electron chi connectivity index (χ1n) is 9.46. The van der Waals surface area contributed by atoms with Crippen LogP contribution in [0, 0.1) is 0 Å². The molecule has 5 heteroatoms. The Morgan fingerprint density at radius 2 is 1.75 bits per heavy atom. The summed E-state index contributed by atoms with van der Waals surface area (Å²) in [7, 11) is 0. The number of carbonyl (C=O) groups excluding carboxylic acids is 1. The first-order chi connectivity index (χ1) is 13.6. The Kier molecular flexibility index (Phi) is 5.26. The predicted molar refractivity (Wildman–Crippen MR) is 114 cm³/mol. The first kappa shape index (κ1) is 18.4. The fourth-order valence-electron chi connectivity index (χ4n) is 3.30. The van der Waals surface area contributed by atoms with Crippen molar-refractivity contribution in [3.05, 3.63) is 83.5 Å². The molecule has 0 N–H and O–H groups in total. The Hall–Kier alpha value is -2.92. The number of nitrogens with zero attached hydrogens (tertiary/aromatic N) is 3. The maximum absolute atomic E-state index is 13.1. The second kappa shape index (κ2) is 7.98.